The zero-order valence-electron chi connectivity index (χ0n) is 10.3. The smallest absolute Gasteiger partial charge is 0.364 e. The molecule has 19 heavy (non-hydrogen) atoms. The molecule has 0 bridgehead atoms. The van der Waals surface area contributed by atoms with Gasteiger partial charge in [-0.25, -0.2) is 4.79 Å². The third-order valence-corrected chi connectivity index (χ3v) is 3.17. The van der Waals surface area contributed by atoms with Gasteiger partial charge in [0.05, 0.1) is 18.8 Å². The Balaban J connectivity index is 2.94. The molecule has 0 aromatic rings. The molecular formula is C10H19NO8. The molecule has 9 nitrogen and oxygen atoms in total. The first-order valence-corrected chi connectivity index (χ1v) is 5.65. The predicted octanol–water partition coefficient (Wildman–Crippen LogP) is -3.40. The second kappa shape index (κ2) is 6.09. The number of hydrogen-bond acceptors (Lipinski definition) is 8. The minimum atomic E-state index is -2.64. The highest BCUT2D eigenvalue weighted by molar-refractivity contribution is 5.75. The maximum absolute atomic E-state index is 10.9. The van der Waals surface area contributed by atoms with Crippen molar-refractivity contribution in [2.24, 2.45) is 5.73 Å². The van der Waals surface area contributed by atoms with Gasteiger partial charge in [0.2, 0.25) is 0 Å². The van der Waals surface area contributed by atoms with Gasteiger partial charge in [0.1, 0.15) is 18.3 Å². The second-order valence-corrected chi connectivity index (χ2v) is 4.47. The molecular weight excluding hydrogens is 262 g/mol. The van der Waals surface area contributed by atoms with Gasteiger partial charge in [-0.1, -0.05) is 0 Å². The Bertz CT molecular complexity index is 323. The molecule has 1 aliphatic heterocycles. The highest BCUT2D eigenvalue weighted by Gasteiger charge is 2.52. The summed E-state index contributed by atoms with van der Waals surface area (Å²) >= 11 is 0. The number of nitrogens with two attached hydrogens (primary N) is 1. The third-order valence-electron chi connectivity index (χ3n) is 3.17. The second-order valence-electron chi connectivity index (χ2n) is 4.47. The van der Waals surface area contributed by atoms with Crippen molar-refractivity contribution in [2.45, 2.75) is 42.7 Å². The van der Waals surface area contributed by atoms with Crippen molar-refractivity contribution in [2.75, 3.05) is 13.7 Å². The van der Waals surface area contributed by atoms with Crippen LogP contribution in [0.2, 0.25) is 0 Å². The SMILES string of the molecule is COC(CO)C(O)[C@@H]1OC(O)(C(=O)O)C[C@H](O)[C@H]1N. The predicted molar refractivity (Wildman–Crippen MR) is 59.9 cm³/mol. The Morgan fingerprint density at radius 3 is 2.63 bits per heavy atom. The van der Waals surface area contributed by atoms with Gasteiger partial charge in [0.15, 0.2) is 0 Å². The van der Waals surface area contributed by atoms with E-state index in [1.165, 1.54) is 7.11 Å². The largest absolute Gasteiger partial charge is 0.477 e. The molecule has 0 saturated carbocycles. The average molecular weight is 281 g/mol. The lowest BCUT2D eigenvalue weighted by molar-refractivity contribution is -0.293. The number of aliphatic hydroxyl groups excluding tert-OH is 3. The molecule has 0 aliphatic carbocycles. The zero-order valence-corrected chi connectivity index (χ0v) is 10.3. The van der Waals surface area contributed by atoms with Crippen LogP contribution in [0.3, 0.4) is 0 Å². The fourth-order valence-electron chi connectivity index (χ4n) is 1.96. The topological polar surface area (TPSA) is 163 Å². The van der Waals surface area contributed by atoms with E-state index < -0.39 is 55.2 Å². The van der Waals surface area contributed by atoms with E-state index in [4.69, 9.17) is 25.4 Å². The molecule has 1 saturated heterocycles. The van der Waals surface area contributed by atoms with Crippen molar-refractivity contribution in [3.63, 3.8) is 0 Å². The van der Waals surface area contributed by atoms with Crippen LogP contribution in [0.15, 0.2) is 0 Å². The van der Waals surface area contributed by atoms with Gasteiger partial charge < -0.3 is 40.7 Å². The van der Waals surface area contributed by atoms with Gasteiger partial charge in [-0.05, 0) is 0 Å². The number of rotatable bonds is 5. The van der Waals surface area contributed by atoms with Crippen molar-refractivity contribution in [3.05, 3.63) is 0 Å². The normalized spacial score (nSPS) is 38.7. The maximum Gasteiger partial charge on any atom is 0.364 e. The first-order valence-electron chi connectivity index (χ1n) is 5.65. The van der Waals surface area contributed by atoms with Crippen LogP contribution in [0.5, 0.6) is 0 Å². The molecule has 1 aliphatic rings. The number of hydrogen-bond donors (Lipinski definition) is 6. The highest BCUT2D eigenvalue weighted by Crippen LogP contribution is 2.29. The van der Waals surface area contributed by atoms with E-state index in [1.807, 2.05) is 0 Å². The van der Waals surface area contributed by atoms with Gasteiger partial charge >= 0.3 is 5.97 Å². The molecule has 7 N–H and O–H groups in total. The van der Waals surface area contributed by atoms with Crippen LogP contribution >= 0.6 is 0 Å². The van der Waals surface area contributed by atoms with Crippen LogP contribution in [-0.2, 0) is 14.3 Å². The number of carboxylic acids is 1. The summed E-state index contributed by atoms with van der Waals surface area (Å²) in [6.07, 6.45) is -6.00. The monoisotopic (exact) mass is 281 g/mol. The van der Waals surface area contributed by atoms with Crippen molar-refractivity contribution in [3.8, 4) is 0 Å². The van der Waals surface area contributed by atoms with Crippen LogP contribution < -0.4 is 5.73 Å². The fourth-order valence-corrected chi connectivity index (χ4v) is 1.96. The number of aliphatic carboxylic acids is 1. The van der Waals surface area contributed by atoms with E-state index in [0.717, 1.165) is 0 Å². The Morgan fingerprint density at radius 1 is 1.63 bits per heavy atom. The lowest BCUT2D eigenvalue weighted by atomic mass is 9.89. The Hall–Kier alpha value is -0.810. The molecule has 0 spiro atoms. The Labute approximate surface area is 109 Å². The van der Waals surface area contributed by atoms with Crippen LogP contribution in [0.4, 0.5) is 0 Å². The Kier molecular flexibility index (Phi) is 5.21. The van der Waals surface area contributed by atoms with E-state index in [1.54, 1.807) is 0 Å². The maximum atomic E-state index is 10.9. The highest BCUT2D eigenvalue weighted by atomic mass is 16.7. The first kappa shape index (κ1) is 16.2. The number of carbonyl (C=O) groups is 1. The van der Waals surface area contributed by atoms with Gasteiger partial charge in [0, 0.05) is 13.5 Å². The molecule has 3 unspecified atom stereocenters. The molecule has 0 aromatic heterocycles. The summed E-state index contributed by atoms with van der Waals surface area (Å²) < 4.78 is 9.67. The van der Waals surface area contributed by atoms with Crippen molar-refractivity contribution < 1.29 is 39.8 Å². The van der Waals surface area contributed by atoms with Crippen LogP contribution in [0.25, 0.3) is 0 Å². The van der Waals surface area contributed by atoms with Crippen LogP contribution in [0, 0.1) is 0 Å². The number of carboxylic acid groups (broad SMARTS) is 1. The molecule has 1 rings (SSSR count). The molecule has 112 valence electrons. The van der Waals surface area contributed by atoms with Crippen LogP contribution in [-0.4, -0.2) is 81.5 Å². The third kappa shape index (κ3) is 3.20. The molecule has 6 atom stereocenters. The van der Waals surface area contributed by atoms with Gasteiger partial charge in [-0.2, -0.15) is 0 Å². The summed E-state index contributed by atoms with van der Waals surface area (Å²) in [6.45, 7) is -0.564. The minimum absolute atomic E-state index is 0.564. The number of ether oxygens (including phenoxy) is 2. The van der Waals surface area contributed by atoms with Gasteiger partial charge in [0.25, 0.3) is 5.79 Å². The molecule has 1 heterocycles. The van der Waals surface area contributed by atoms with E-state index in [0.29, 0.717) is 0 Å². The molecule has 0 radical (unpaired) electrons. The zero-order chi connectivity index (χ0) is 14.8. The van der Waals surface area contributed by atoms with Gasteiger partial charge in [-0.15, -0.1) is 0 Å². The number of aliphatic hydroxyl groups is 4. The van der Waals surface area contributed by atoms with E-state index in [2.05, 4.69) is 0 Å². The molecule has 0 aromatic carbocycles. The number of methoxy groups -OCH3 is 1. The summed E-state index contributed by atoms with van der Waals surface area (Å²) in [5.41, 5.74) is 5.62. The summed E-state index contributed by atoms with van der Waals surface area (Å²) in [6, 6.07) is -1.13. The van der Waals surface area contributed by atoms with Crippen molar-refractivity contribution in [1.82, 2.24) is 0 Å². The Morgan fingerprint density at radius 2 is 2.21 bits per heavy atom. The van der Waals surface area contributed by atoms with Gasteiger partial charge in [-0.3, -0.25) is 0 Å². The molecule has 1 fully saturated rings. The summed E-state index contributed by atoms with van der Waals surface area (Å²) in [5.74, 6) is -4.34. The van der Waals surface area contributed by atoms with Crippen LogP contribution in [0.1, 0.15) is 6.42 Å². The average Bonchev–Trinajstić information content (AvgIpc) is 2.35. The fraction of sp³-hybridized carbons (Fsp3) is 0.900. The molecule has 9 heteroatoms. The summed E-state index contributed by atoms with van der Waals surface area (Å²) in [4.78, 5) is 10.9. The molecule has 0 amide bonds. The lowest BCUT2D eigenvalue weighted by Gasteiger charge is -2.43. The van der Waals surface area contributed by atoms with Crippen molar-refractivity contribution in [1.29, 1.82) is 0 Å². The van der Waals surface area contributed by atoms with E-state index in [9.17, 15) is 20.1 Å². The van der Waals surface area contributed by atoms with E-state index in [-0.39, 0.29) is 0 Å². The quantitative estimate of drug-likeness (QED) is 0.301. The first-order chi connectivity index (χ1) is 8.76. The minimum Gasteiger partial charge on any atom is -0.477 e. The summed E-state index contributed by atoms with van der Waals surface area (Å²) in [7, 11) is 1.22. The van der Waals surface area contributed by atoms with Crippen molar-refractivity contribution >= 4 is 5.97 Å². The lowest BCUT2D eigenvalue weighted by Crippen LogP contribution is -2.65. The summed E-state index contributed by atoms with van der Waals surface area (Å²) in [5, 5.41) is 47.2. The van der Waals surface area contributed by atoms with E-state index >= 15 is 0 Å². The standard InChI is InChI=1S/C10H19NO8/c1-18-5(3-12)7(14)8-6(11)4(13)2-10(17,19-8)9(15)16/h4-8,12-14,17H,2-3,11H2,1H3,(H,15,16)/t4-,5?,6+,7?,8+,10?/m0/s1.